The fraction of sp³-hybridized carbons (Fsp3) is 0.867. The van der Waals surface area contributed by atoms with Gasteiger partial charge in [0.2, 0.25) is 5.91 Å². The van der Waals surface area contributed by atoms with Gasteiger partial charge in [-0.1, -0.05) is 52.3 Å². The molecule has 110 valence electrons. The number of hydrogen-bond acceptors (Lipinski definition) is 2. The zero-order valence-corrected chi connectivity index (χ0v) is 13.8. The van der Waals surface area contributed by atoms with Crippen LogP contribution in [-0.4, -0.2) is 28.9 Å². The Morgan fingerprint density at radius 1 is 1.26 bits per heavy atom. The normalized spacial score (nSPS) is 20.7. The molecule has 0 radical (unpaired) electrons. The summed E-state index contributed by atoms with van der Waals surface area (Å²) in [5.41, 5.74) is 5.39. The molecule has 0 aliphatic heterocycles. The number of nitrogens with zero attached hydrogens (tertiary/aromatic N) is 1. The van der Waals surface area contributed by atoms with E-state index in [1.54, 1.807) is 0 Å². The third kappa shape index (κ3) is 3.28. The Balaban J connectivity index is 2.98. The van der Waals surface area contributed by atoms with Crippen LogP contribution in [0.25, 0.3) is 0 Å². The van der Waals surface area contributed by atoms with Crippen LogP contribution in [0.4, 0.5) is 0 Å². The largest absolute Gasteiger partial charge is 0.392 e. The summed E-state index contributed by atoms with van der Waals surface area (Å²) in [5, 5.41) is 0. The Morgan fingerprint density at radius 3 is 2.11 bits per heavy atom. The molecule has 0 spiro atoms. The summed E-state index contributed by atoms with van der Waals surface area (Å²) in [6, 6.07) is 0.160. The second-order valence-corrected chi connectivity index (χ2v) is 7.40. The van der Waals surface area contributed by atoms with Crippen molar-refractivity contribution in [3.63, 3.8) is 0 Å². The molecule has 0 aromatic rings. The summed E-state index contributed by atoms with van der Waals surface area (Å²) in [5.74, 6) is 0.113. The summed E-state index contributed by atoms with van der Waals surface area (Å²) in [7, 11) is 1.88. The van der Waals surface area contributed by atoms with Crippen molar-refractivity contribution in [3.05, 3.63) is 0 Å². The lowest BCUT2D eigenvalue weighted by molar-refractivity contribution is -0.142. The summed E-state index contributed by atoms with van der Waals surface area (Å²) >= 11 is 5.23. The van der Waals surface area contributed by atoms with Gasteiger partial charge in [-0.15, -0.1) is 0 Å². The Morgan fingerprint density at radius 2 is 1.74 bits per heavy atom. The highest BCUT2D eigenvalue weighted by Crippen LogP contribution is 2.39. The summed E-state index contributed by atoms with van der Waals surface area (Å²) < 4.78 is 0. The van der Waals surface area contributed by atoms with E-state index in [0.717, 1.165) is 25.7 Å². The van der Waals surface area contributed by atoms with Gasteiger partial charge in [0.05, 0.1) is 10.4 Å². The first kappa shape index (κ1) is 16.4. The molecule has 0 saturated heterocycles. The molecule has 0 bridgehead atoms. The maximum Gasteiger partial charge on any atom is 0.235 e. The third-order valence-corrected chi connectivity index (χ3v) is 5.13. The van der Waals surface area contributed by atoms with Crippen molar-refractivity contribution in [2.75, 3.05) is 7.05 Å². The van der Waals surface area contributed by atoms with E-state index in [1.807, 2.05) is 11.9 Å². The lowest BCUT2D eigenvalue weighted by Gasteiger charge is -2.43. The topological polar surface area (TPSA) is 46.3 Å². The van der Waals surface area contributed by atoms with Gasteiger partial charge < -0.3 is 10.6 Å². The van der Waals surface area contributed by atoms with Crippen molar-refractivity contribution in [3.8, 4) is 0 Å². The second-order valence-electron chi connectivity index (χ2n) is 6.97. The molecule has 4 heteroatoms. The summed E-state index contributed by atoms with van der Waals surface area (Å²) in [6.45, 7) is 8.54. The average molecular weight is 284 g/mol. The minimum absolute atomic E-state index is 0.0521. The van der Waals surface area contributed by atoms with E-state index in [-0.39, 0.29) is 17.4 Å². The van der Waals surface area contributed by atoms with E-state index in [1.165, 1.54) is 6.42 Å². The number of rotatable bonds is 3. The van der Waals surface area contributed by atoms with Crippen LogP contribution >= 0.6 is 12.2 Å². The van der Waals surface area contributed by atoms with Crippen molar-refractivity contribution in [2.45, 2.75) is 65.8 Å². The molecule has 1 saturated carbocycles. The van der Waals surface area contributed by atoms with Gasteiger partial charge in [0.25, 0.3) is 0 Å². The predicted molar refractivity (Wildman–Crippen MR) is 84.0 cm³/mol. The molecule has 0 heterocycles. The van der Waals surface area contributed by atoms with Crippen LogP contribution in [-0.2, 0) is 4.79 Å². The van der Waals surface area contributed by atoms with E-state index in [4.69, 9.17) is 18.0 Å². The Kier molecular flexibility index (Phi) is 4.99. The molecule has 1 aliphatic rings. The van der Waals surface area contributed by atoms with E-state index in [2.05, 4.69) is 27.7 Å². The summed E-state index contributed by atoms with van der Waals surface area (Å²) in [4.78, 5) is 15.1. The monoisotopic (exact) mass is 284 g/mol. The molecule has 3 nitrogen and oxygen atoms in total. The smallest absolute Gasteiger partial charge is 0.235 e. The quantitative estimate of drug-likeness (QED) is 0.810. The molecule has 0 aromatic carbocycles. The zero-order chi connectivity index (χ0) is 14.8. The maximum atomic E-state index is 12.9. The van der Waals surface area contributed by atoms with Crippen molar-refractivity contribution in [1.82, 2.24) is 4.90 Å². The lowest BCUT2D eigenvalue weighted by Crippen LogP contribution is -2.54. The molecule has 1 rings (SSSR count). The van der Waals surface area contributed by atoms with Gasteiger partial charge in [0, 0.05) is 13.1 Å². The first-order chi connectivity index (χ1) is 8.63. The number of nitrogens with two attached hydrogens (primary N) is 1. The molecular weight excluding hydrogens is 256 g/mol. The van der Waals surface area contributed by atoms with Gasteiger partial charge in [0.1, 0.15) is 0 Å². The van der Waals surface area contributed by atoms with Crippen LogP contribution in [0.5, 0.6) is 0 Å². The fourth-order valence-corrected chi connectivity index (χ4v) is 3.11. The van der Waals surface area contributed by atoms with Crippen LogP contribution in [0.3, 0.4) is 0 Å². The molecule has 19 heavy (non-hydrogen) atoms. The van der Waals surface area contributed by atoms with Gasteiger partial charge in [-0.2, -0.15) is 0 Å². The maximum absolute atomic E-state index is 12.9. The molecule has 2 N–H and O–H groups in total. The van der Waals surface area contributed by atoms with Gasteiger partial charge >= 0.3 is 0 Å². The molecular formula is C15H28N2OS. The SMILES string of the molecule is CC(N(C)C(=O)C1(C(N)=S)CCCCC1)C(C)(C)C. The van der Waals surface area contributed by atoms with Crippen LogP contribution in [0.1, 0.15) is 59.8 Å². The van der Waals surface area contributed by atoms with Crippen LogP contribution in [0.2, 0.25) is 0 Å². The van der Waals surface area contributed by atoms with Crippen molar-refractivity contribution in [2.24, 2.45) is 16.6 Å². The highest BCUT2D eigenvalue weighted by atomic mass is 32.1. The first-order valence-electron chi connectivity index (χ1n) is 7.20. The highest BCUT2D eigenvalue weighted by molar-refractivity contribution is 7.80. The van der Waals surface area contributed by atoms with Gasteiger partial charge in [-0.25, -0.2) is 0 Å². The van der Waals surface area contributed by atoms with E-state index < -0.39 is 5.41 Å². The van der Waals surface area contributed by atoms with Crippen LogP contribution < -0.4 is 5.73 Å². The van der Waals surface area contributed by atoms with Crippen LogP contribution in [0, 0.1) is 10.8 Å². The Bertz CT molecular complexity index is 354. The lowest BCUT2D eigenvalue weighted by atomic mass is 9.72. The second kappa shape index (κ2) is 5.78. The number of amides is 1. The predicted octanol–water partition coefficient (Wildman–Crippen LogP) is 3.12. The molecule has 1 amide bonds. The van der Waals surface area contributed by atoms with E-state index in [9.17, 15) is 4.79 Å². The van der Waals surface area contributed by atoms with E-state index >= 15 is 0 Å². The average Bonchev–Trinajstić information content (AvgIpc) is 2.35. The Labute approximate surface area is 122 Å². The van der Waals surface area contributed by atoms with Gasteiger partial charge in [-0.05, 0) is 25.2 Å². The van der Waals surface area contributed by atoms with Crippen LogP contribution in [0.15, 0.2) is 0 Å². The highest BCUT2D eigenvalue weighted by Gasteiger charge is 2.45. The number of thiocarbonyl (C=S) groups is 1. The van der Waals surface area contributed by atoms with Crippen molar-refractivity contribution >= 4 is 23.1 Å². The molecule has 1 unspecified atom stereocenters. The number of carbonyl (C=O) groups is 1. The van der Waals surface area contributed by atoms with Gasteiger partial charge in [0.15, 0.2) is 0 Å². The minimum Gasteiger partial charge on any atom is -0.392 e. The number of carbonyl (C=O) groups excluding carboxylic acids is 1. The third-order valence-electron chi connectivity index (χ3n) is 4.74. The van der Waals surface area contributed by atoms with Crippen molar-refractivity contribution in [1.29, 1.82) is 0 Å². The summed E-state index contributed by atoms with van der Waals surface area (Å²) in [6.07, 6.45) is 4.88. The van der Waals surface area contributed by atoms with Gasteiger partial charge in [-0.3, -0.25) is 4.79 Å². The molecule has 0 aromatic heterocycles. The number of hydrogen-bond donors (Lipinski definition) is 1. The van der Waals surface area contributed by atoms with Crippen molar-refractivity contribution < 1.29 is 4.79 Å². The molecule has 1 aliphatic carbocycles. The molecule has 1 atom stereocenters. The Hall–Kier alpha value is -0.640. The zero-order valence-electron chi connectivity index (χ0n) is 13.0. The standard InChI is InChI=1S/C15H28N2OS/c1-11(14(2,3)4)17(5)13(18)15(12(16)19)9-7-6-8-10-15/h11H,6-10H2,1-5H3,(H2,16,19). The minimum atomic E-state index is -0.595. The van der Waals surface area contributed by atoms with E-state index in [0.29, 0.717) is 4.99 Å². The first-order valence-corrected chi connectivity index (χ1v) is 7.61. The fourth-order valence-electron chi connectivity index (χ4n) is 2.82. The molecule has 1 fully saturated rings.